The molecule has 2 aromatic rings. The summed E-state index contributed by atoms with van der Waals surface area (Å²) in [7, 11) is 1.66. The zero-order valence-corrected chi connectivity index (χ0v) is 16.2. The number of nitrogens with zero attached hydrogens (tertiary/aromatic N) is 3. The van der Waals surface area contributed by atoms with E-state index < -0.39 is 10.5 Å². The van der Waals surface area contributed by atoms with E-state index in [1.165, 1.54) is 0 Å². The van der Waals surface area contributed by atoms with Crippen LogP contribution in [0.1, 0.15) is 18.4 Å². The van der Waals surface area contributed by atoms with Gasteiger partial charge >= 0.3 is 0 Å². The Kier molecular flexibility index (Phi) is 6.61. The highest BCUT2D eigenvalue weighted by molar-refractivity contribution is 5.76. The normalized spacial score (nSPS) is 15.1. The number of para-hydroxylation sites is 1. The standard InChI is InChI=1S/C20H24N4O5/c1-29-18-5-3-2-4-15(18)12-22-10-8-16(9-11-22)21-19(25)14-23-13-17(24(27)28)6-7-20(23)26/h2-7,13,16H,8-12,14H2,1H3,(H,21,25). The molecule has 3 rings (SSSR count). The number of carbonyl (C=O) groups is 1. The molecular weight excluding hydrogens is 376 g/mol. The number of likely N-dealkylation sites (tertiary alicyclic amines) is 1. The molecule has 0 bridgehead atoms. The van der Waals surface area contributed by atoms with Gasteiger partial charge in [0.15, 0.2) is 0 Å². The molecular formula is C20H24N4O5. The van der Waals surface area contributed by atoms with Crippen molar-refractivity contribution in [1.82, 2.24) is 14.8 Å². The Morgan fingerprint density at radius 3 is 2.66 bits per heavy atom. The Hall–Kier alpha value is -3.20. The number of hydrogen-bond donors (Lipinski definition) is 1. The Morgan fingerprint density at radius 1 is 1.24 bits per heavy atom. The lowest BCUT2D eigenvalue weighted by Crippen LogP contribution is -2.45. The van der Waals surface area contributed by atoms with E-state index in [1.807, 2.05) is 24.3 Å². The third-order valence-electron chi connectivity index (χ3n) is 5.03. The molecule has 1 N–H and O–H groups in total. The number of piperidine rings is 1. The highest BCUT2D eigenvalue weighted by atomic mass is 16.6. The number of amides is 1. The van der Waals surface area contributed by atoms with Crippen LogP contribution < -0.4 is 15.6 Å². The fourth-order valence-electron chi connectivity index (χ4n) is 3.49. The van der Waals surface area contributed by atoms with Crippen molar-refractivity contribution in [3.63, 3.8) is 0 Å². The van der Waals surface area contributed by atoms with Gasteiger partial charge < -0.3 is 10.1 Å². The summed E-state index contributed by atoms with van der Waals surface area (Å²) in [6, 6.07) is 10.2. The lowest BCUT2D eigenvalue weighted by Gasteiger charge is -2.32. The van der Waals surface area contributed by atoms with Crippen LogP contribution in [0.2, 0.25) is 0 Å². The average molecular weight is 400 g/mol. The van der Waals surface area contributed by atoms with Crippen LogP contribution in [0.3, 0.4) is 0 Å². The predicted octanol–water partition coefficient (Wildman–Crippen LogP) is 1.55. The van der Waals surface area contributed by atoms with Gasteiger partial charge in [0.05, 0.1) is 18.2 Å². The number of nitro groups is 1. The van der Waals surface area contributed by atoms with Crippen molar-refractivity contribution in [1.29, 1.82) is 0 Å². The molecule has 0 unspecified atom stereocenters. The molecule has 2 heterocycles. The van der Waals surface area contributed by atoms with Gasteiger partial charge in [-0.15, -0.1) is 0 Å². The molecule has 29 heavy (non-hydrogen) atoms. The van der Waals surface area contributed by atoms with Crippen LogP contribution in [0.5, 0.6) is 5.75 Å². The number of rotatable bonds is 7. The number of aromatic nitrogens is 1. The average Bonchev–Trinajstić information content (AvgIpc) is 2.71. The second-order valence-electron chi connectivity index (χ2n) is 7.04. The van der Waals surface area contributed by atoms with Crippen LogP contribution in [0, 0.1) is 10.1 Å². The molecule has 0 atom stereocenters. The summed E-state index contributed by atoms with van der Waals surface area (Å²) in [4.78, 5) is 36.7. The summed E-state index contributed by atoms with van der Waals surface area (Å²) in [6.07, 6.45) is 2.69. The highest BCUT2D eigenvalue weighted by Crippen LogP contribution is 2.21. The van der Waals surface area contributed by atoms with E-state index in [0.717, 1.165) is 66.7 Å². The second-order valence-corrected chi connectivity index (χ2v) is 7.04. The Morgan fingerprint density at radius 2 is 1.97 bits per heavy atom. The van der Waals surface area contributed by atoms with Gasteiger partial charge in [0, 0.05) is 43.4 Å². The number of carbonyl (C=O) groups excluding carboxylic acids is 1. The van der Waals surface area contributed by atoms with Crippen molar-refractivity contribution in [2.24, 2.45) is 0 Å². The Bertz CT molecular complexity index is 934. The van der Waals surface area contributed by atoms with E-state index >= 15 is 0 Å². The summed E-state index contributed by atoms with van der Waals surface area (Å²) < 4.78 is 6.46. The lowest BCUT2D eigenvalue weighted by molar-refractivity contribution is -0.385. The van der Waals surface area contributed by atoms with Crippen LogP contribution in [-0.2, 0) is 17.9 Å². The second kappa shape index (κ2) is 9.33. The van der Waals surface area contributed by atoms with E-state index in [9.17, 15) is 19.7 Å². The van der Waals surface area contributed by atoms with Crippen LogP contribution in [0.25, 0.3) is 0 Å². The number of nitrogens with one attached hydrogen (secondary N) is 1. The largest absolute Gasteiger partial charge is 0.496 e. The van der Waals surface area contributed by atoms with Crippen molar-refractivity contribution in [2.45, 2.75) is 32.0 Å². The van der Waals surface area contributed by atoms with Gasteiger partial charge in [0.25, 0.3) is 11.2 Å². The van der Waals surface area contributed by atoms with Gasteiger partial charge in [0.1, 0.15) is 12.3 Å². The minimum atomic E-state index is -0.592. The first-order chi connectivity index (χ1) is 14.0. The van der Waals surface area contributed by atoms with Gasteiger partial charge in [-0.05, 0) is 18.9 Å². The smallest absolute Gasteiger partial charge is 0.285 e. The van der Waals surface area contributed by atoms with Gasteiger partial charge in [-0.25, -0.2) is 0 Å². The third-order valence-corrected chi connectivity index (χ3v) is 5.03. The molecule has 0 spiro atoms. The molecule has 1 amide bonds. The monoisotopic (exact) mass is 400 g/mol. The molecule has 1 fully saturated rings. The quantitative estimate of drug-likeness (QED) is 0.558. The molecule has 1 aromatic heterocycles. The molecule has 0 radical (unpaired) electrons. The minimum Gasteiger partial charge on any atom is -0.496 e. The molecule has 1 aliphatic heterocycles. The van der Waals surface area contributed by atoms with Gasteiger partial charge in [-0.3, -0.25) is 29.2 Å². The van der Waals surface area contributed by atoms with Crippen molar-refractivity contribution in [2.75, 3.05) is 20.2 Å². The maximum Gasteiger partial charge on any atom is 0.285 e. The molecule has 1 aliphatic rings. The molecule has 0 aliphatic carbocycles. The molecule has 1 saturated heterocycles. The van der Waals surface area contributed by atoms with Crippen LogP contribution >= 0.6 is 0 Å². The van der Waals surface area contributed by atoms with Gasteiger partial charge in [-0.1, -0.05) is 18.2 Å². The first kappa shape index (κ1) is 20.5. The number of ether oxygens (including phenoxy) is 1. The first-order valence-electron chi connectivity index (χ1n) is 9.45. The zero-order chi connectivity index (χ0) is 20.8. The predicted molar refractivity (Wildman–Crippen MR) is 107 cm³/mol. The Labute approximate surface area is 168 Å². The fourth-order valence-corrected chi connectivity index (χ4v) is 3.49. The highest BCUT2D eigenvalue weighted by Gasteiger charge is 2.22. The van der Waals surface area contributed by atoms with Crippen molar-refractivity contribution >= 4 is 11.6 Å². The number of methoxy groups -OCH3 is 1. The summed E-state index contributed by atoms with van der Waals surface area (Å²) in [6.45, 7) is 2.22. The maximum absolute atomic E-state index is 12.3. The molecule has 154 valence electrons. The van der Waals surface area contributed by atoms with Crippen LogP contribution in [-0.4, -0.2) is 46.5 Å². The van der Waals surface area contributed by atoms with Gasteiger partial charge in [0.2, 0.25) is 5.91 Å². The molecule has 9 heteroatoms. The van der Waals surface area contributed by atoms with Crippen molar-refractivity contribution in [3.8, 4) is 5.75 Å². The third kappa shape index (κ3) is 5.41. The van der Waals surface area contributed by atoms with Gasteiger partial charge in [-0.2, -0.15) is 0 Å². The SMILES string of the molecule is COc1ccccc1CN1CCC(NC(=O)Cn2cc([N+](=O)[O-])ccc2=O)CC1. The number of hydrogen-bond acceptors (Lipinski definition) is 6. The summed E-state index contributed by atoms with van der Waals surface area (Å²) >= 11 is 0. The minimum absolute atomic E-state index is 0.0193. The first-order valence-corrected chi connectivity index (χ1v) is 9.45. The van der Waals surface area contributed by atoms with E-state index in [-0.39, 0.29) is 24.2 Å². The number of benzene rings is 1. The molecule has 9 nitrogen and oxygen atoms in total. The van der Waals surface area contributed by atoms with E-state index in [0.29, 0.717) is 0 Å². The van der Waals surface area contributed by atoms with E-state index in [4.69, 9.17) is 4.74 Å². The van der Waals surface area contributed by atoms with Crippen molar-refractivity contribution < 1.29 is 14.5 Å². The topological polar surface area (TPSA) is 107 Å². The summed E-state index contributed by atoms with van der Waals surface area (Å²) in [5.74, 6) is 0.543. The van der Waals surface area contributed by atoms with E-state index in [1.54, 1.807) is 7.11 Å². The fraction of sp³-hybridized carbons (Fsp3) is 0.400. The molecule has 1 aromatic carbocycles. The lowest BCUT2D eigenvalue weighted by atomic mass is 10.0. The summed E-state index contributed by atoms with van der Waals surface area (Å²) in [5.41, 5.74) is 0.460. The van der Waals surface area contributed by atoms with E-state index in [2.05, 4.69) is 10.2 Å². The van der Waals surface area contributed by atoms with Crippen molar-refractivity contribution in [3.05, 3.63) is 68.6 Å². The summed E-state index contributed by atoms with van der Waals surface area (Å²) in [5, 5.41) is 13.8. The maximum atomic E-state index is 12.3. The number of pyridine rings is 1. The Balaban J connectivity index is 1.50. The van der Waals surface area contributed by atoms with Crippen LogP contribution in [0.15, 0.2) is 47.4 Å². The zero-order valence-electron chi connectivity index (χ0n) is 16.2. The molecule has 0 saturated carbocycles. The van der Waals surface area contributed by atoms with Crippen LogP contribution in [0.4, 0.5) is 5.69 Å².